The summed E-state index contributed by atoms with van der Waals surface area (Å²) in [6.07, 6.45) is -1.08. The fraction of sp³-hybridized carbons (Fsp3) is 0.643. The summed E-state index contributed by atoms with van der Waals surface area (Å²) in [5, 5.41) is 22.1. The lowest BCUT2D eigenvalue weighted by Gasteiger charge is -2.23. The van der Waals surface area contributed by atoms with Gasteiger partial charge in [0.1, 0.15) is 12.1 Å². The molecule has 0 saturated carbocycles. The Labute approximate surface area is 144 Å². The van der Waals surface area contributed by atoms with E-state index >= 15 is 0 Å². The van der Waals surface area contributed by atoms with Gasteiger partial charge < -0.3 is 32.3 Å². The molecule has 0 bridgehead atoms. The lowest BCUT2D eigenvalue weighted by molar-refractivity contribution is -0.144. The molecule has 11 heteroatoms. The molecule has 0 aliphatic carbocycles. The first-order valence-corrected chi connectivity index (χ1v) is 7.53. The summed E-state index contributed by atoms with van der Waals surface area (Å²) in [5.74, 6) is -5.39. The normalized spacial score (nSPS) is 14.2. The zero-order valence-electron chi connectivity index (χ0n) is 14.0. The van der Waals surface area contributed by atoms with E-state index in [1.807, 2.05) is 0 Å². The maximum Gasteiger partial charge on any atom is 0.326 e. The Kier molecular flexibility index (Phi) is 9.13. The molecule has 0 radical (unpaired) electrons. The predicted octanol–water partition coefficient (Wildman–Crippen LogP) is -2.24. The van der Waals surface area contributed by atoms with Gasteiger partial charge in [-0.15, -0.1) is 0 Å². The van der Waals surface area contributed by atoms with Crippen molar-refractivity contribution in [2.45, 2.75) is 51.2 Å². The van der Waals surface area contributed by atoms with Gasteiger partial charge in [-0.2, -0.15) is 0 Å². The summed E-state index contributed by atoms with van der Waals surface area (Å²) in [6.45, 7) is 3.53. The number of hydrogen-bond donors (Lipinski definition) is 6. The van der Waals surface area contributed by atoms with Crippen molar-refractivity contribution in [3.8, 4) is 0 Å². The third-order valence-corrected chi connectivity index (χ3v) is 3.09. The third-order valence-electron chi connectivity index (χ3n) is 3.09. The first-order valence-electron chi connectivity index (χ1n) is 7.53. The van der Waals surface area contributed by atoms with Gasteiger partial charge in [-0.25, -0.2) is 4.79 Å². The fourth-order valence-electron chi connectivity index (χ4n) is 1.94. The van der Waals surface area contributed by atoms with Gasteiger partial charge in [0.15, 0.2) is 0 Å². The molecule has 0 aliphatic rings. The van der Waals surface area contributed by atoms with Crippen molar-refractivity contribution in [1.82, 2.24) is 10.6 Å². The van der Waals surface area contributed by atoms with Gasteiger partial charge in [0.2, 0.25) is 17.7 Å². The Morgan fingerprint density at radius 2 is 1.44 bits per heavy atom. The number of carboxylic acid groups (broad SMARTS) is 2. The Morgan fingerprint density at radius 3 is 1.84 bits per heavy atom. The van der Waals surface area contributed by atoms with Gasteiger partial charge in [-0.05, 0) is 12.3 Å². The van der Waals surface area contributed by atoms with Crippen LogP contribution >= 0.6 is 0 Å². The highest BCUT2D eigenvalue weighted by atomic mass is 16.4. The summed E-state index contributed by atoms with van der Waals surface area (Å²) < 4.78 is 0. The smallest absolute Gasteiger partial charge is 0.326 e. The number of primary amides is 1. The average molecular weight is 360 g/mol. The van der Waals surface area contributed by atoms with Crippen LogP contribution in [0.2, 0.25) is 0 Å². The molecule has 0 fully saturated rings. The molecule has 0 unspecified atom stereocenters. The molecule has 25 heavy (non-hydrogen) atoms. The van der Waals surface area contributed by atoms with E-state index in [4.69, 9.17) is 21.7 Å². The van der Waals surface area contributed by atoms with E-state index in [0.717, 1.165) is 0 Å². The van der Waals surface area contributed by atoms with E-state index in [9.17, 15) is 24.0 Å². The molecular formula is C14H24N4O7. The molecule has 0 aromatic rings. The van der Waals surface area contributed by atoms with Crippen LogP contribution in [0.3, 0.4) is 0 Å². The van der Waals surface area contributed by atoms with Gasteiger partial charge in [0, 0.05) is 0 Å². The van der Waals surface area contributed by atoms with Crippen LogP contribution < -0.4 is 22.1 Å². The van der Waals surface area contributed by atoms with Crippen molar-refractivity contribution in [2.24, 2.45) is 17.4 Å². The molecular weight excluding hydrogens is 336 g/mol. The number of amides is 3. The molecule has 0 rings (SSSR count). The fourth-order valence-corrected chi connectivity index (χ4v) is 1.94. The number of rotatable bonds is 11. The Hall–Kier alpha value is -2.69. The number of nitrogens with two attached hydrogens (primary N) is 2. The van der Waals surface area contributed by atoms with E-state index in [2.05, 4.69) is 10.6 Å². The minimum atomic E-state index is -1.54. The second kappa shape index (κ2) is 10.2. The van der Waals surface area contributed by atoms with Crippen molar-refractivity contribution >= 4 is 29.7 Å². The zero-order valence-corrected chi connectivity index (χ0v) is 14.0. The van der Waals surface area contributed by atoms with Gasteiger partial charge in [0.25, 0.3) is 0 Å². The second-order valence-corrected chi connectivity index (χ2v) is 5.96. The topological polar surface area (TPSA) is 202 Å². The highest BCUT2D eigenvalue weighted by Gasteiger charge is 2.29. The van der Waals surface area contributed by atoms with Crippen LogP contribution in [0.5, 0.6) is 0 Å². The third kappa shape index (κ3) is 9.25. The number of aliphatic carboxylic acids is 2. The molecule has 8 N–H and O–H groups in total. The van der Waals surface area contributed by atoms with Crippen molar-refractivity contribution in [1.29, 1.82) is 0 Å². The predicted molar refractivity (Wildman–Crippen MR) is 85.0 cm³/mol. The Morgan fingerprint density at radius 1 is 0.920 bits per heavy atom. The number of hydrogen-bond acceptors (Lipinski definition) is 6. The van der Waals surface area contributed by atoms with E-state index in [0.29, 0.717) is 0 Å². The van der Waals surface area contributed by atoms with Crippen LogP contribution in [-0.4, -0.2) is 58.0 Å². The van der Waals surface area contributed by atoms with Crippen LogP contribution in [-0.2, 0) is 24.0 Å². The van der Waals surface area contributed by atoms with Gasteiger partial charge in [-0.1, -0.05) is 13.8 Å². The SMILES string of the molecule is CC(C)C[C@H](NC(=O)[C@@H](N)CC(=O)O)C(=O)N[C@@H](CC(N)=O)C(=O)O. The summed E-state index contributed by atoms with van der Waals surface area (Å²) in [6, 6.07) is -4.04. The van der Waals surface area contributed by atoms with Crippen molar-refractivity contribution < 1.29 is 34.2 Å². The van der Waals surface area contributed by atoms with E-state index in [-0.39, 0.29) is 12.3 Å². The largest absolute Gasteiger partial charge is 0.481 e. The maximum absolute atomic E-state index is 12.3. The molecule has 0 aromatic heterocycles. The first-order chi connectivity index (χ1) is 11.4. The molecule has 0 spiro atoms. The second-order valence-electron chi connectivity index (χ2n) is 5.96. The number of carbonyl (C=O) groups is 5. The van der Waals surface area contributed by atoms with Crippen LogP contribution in [0, 0.1) is 5.92 Å². The lowest BCUT2D eigenvalue weighted by atomic mass is 10.0. The number of nitrogens with one attached hydrogen (secondary N) is 2. The average Bonchev–Trinajstić information content (AvgIpc) is 2.43. The first kappa shape index (κ1) is 22.3. The molecule has 142 valence electrons. The standard InChI is InChI=1S/C14H24N4O7/c1-6(2)3-8(17-12(22)7(15)4-11(20)21)13(23)18-9(14(24)25)5-10(16)19/h6-9H,3-5,15H2,1-2H3,(H2,16,19)(H,17,22)(H,18,23)(H,20,21)(H,24,25)/t7-,8-,9-/m0/s1. The molecule has 0 saturated heterocycles. The zero-order chi connectivity index (χ0) is 19.7. The highest BCUT2D eigenvalue weighted by molar-refractivity contribution is 5.94. The van der Waals surface area contributed by atoms with Crippen LogP contribution in [0.1, 0.15) is 33.1 Å². The monoisotopic (exact) mass is 360 g/mol. The van der Waals surface area contributed by atoms with Crippen molar-refractivity contribution in [2.75, 3.05) is 0 Å². The van der Waals surface area contributed by atoms with E-state index in [1.165, 1.54) is 0 Å². The number of carbonyl (C=O) groups excluding carboxylic acids is 3. The molecule has 3 amide bonds. The van der Waals surface area contributed by atoms with Crippen LogP contribution in [0.4, 0.5) is 0 Å². The Bertz CT molecular complexity index is 535. The minimum absolute atomic E-state index is 0.0498. The molecule has 0 aliphatic heterocycles. The summed E-state index contributed by atoms with van der Waals surface area (Å²) >= 11 is 0. The molecule has 11 nitrogen and oxygen atoms in total. The van der Waals surface area contributed by atoms with Crippen molar-refractivity contribution in [3.05, 3.63) is 0 Å². The maximum atomic E-state index is 12.3. The Balaban J connectivity index is 5.08. The molecule has 0 aromatic carbocycles. The van der Waals surface area contributed by atoms with Crippen LogP contribution in [0.25, 0.3) is 0 Å². The summed E-state index contributed by atoms with van der Waals surface area (Å²) in [4.78, 5) is 56.7. The van der Waals surface area contributed by atoms with E-state index < -0.39 is 60.6 Å². The highest BCUT2D eigenvalue weighted by Crippen LogP contribution is 2.07. The molecule has 3 atom stereocenters. The van der Waals surface area contributed by atoms with Crippen molar-refractivity contribution in [3.63, 3.8) is 0 Å². The van der Waals surface area contributed by atoms with Crippen LogP contribution in [0.15, 0.2) is 0 Å². The summed E-state index contributed by atoms with van der Waals surface area (Å²) in [7, 11) is 0. The van der Waals surface area contributed by atoms with Gasteiger partial charge in [-0.3, -0.25) is 19.2 Å². The quantitative estimate of drug-likeness (QED) is 0.237. The lowest BCUT2D eigenvalue weighted by Crippen LogP contribution is -2.55. The molecule has 0 heterocycles. The number of carboxylic acids is 2. The summed E-state index contributed by atoms with van der Waals surface area (Å²) in [5.41, 5.74) is 10.4. The minimum Gasteiger partial charge on any atom is -0.481 e. The van der Waals surface area contributed by atoms with Gasteiger partial charge in [0.05, 0.1) is 18.9 Å². The van der Waals surface area contributed by atoms with Gasteiger partial charge >= 0.3 is 11.9 Å². The van der Waals surface area contributed by atoms with E-state index in [1.54, 1.807) is 13.8 Å².